The van der Waals surface area contributed by atoms with E-state index in [1.165, 1.54) is 0 Å². The van der Waals surface area contributed by atoms with Gasteiger partial charge in [-0.15, -0.1) is 5.10 Å². The third-order valence-corrected chi connectivity index (χ3v) is 4.28. The van der Waals surface area contributed by atoms with Gasteiger partial charge in [0.1, 0.15) is 11.6 Å². The molecule has 0 atom stereocenters. The number of nitrogens with zero attached hydrogens (tertiary/aromatic N) is 3. The molecule has 154 valence electrons. The molecule has 0 fully saturated rings. The topological polar surface area (TPSA) is 39.9 Å². The highest BCUT2D eigenvalue weighted by Gasteiger charge is 2.45. The summed E-state index contributed by atoms with van der Waals surface area (Å²) in [6, 6.07) is 5.03. The van der Waals surface area contributed by atoms with Crippen molar-refractivity contribution in [1.82, 2.24) is 14.8 Å². The Morgan fingerprint density at radius 1 is 1.00 bits per heavy atom. The number of benzene rings is 2. The molecule has 0 radical (unpaired) electrons. The first-order chi connectivity index (χ1) is 13.5. The van der Waals surface area contributed by atoms with Crippen molar-refractivity contribution in [2.45, 2.75) is 12.5 Å². The summed E-state index contributed by atoms with van der Waals surface area (Å²) in [5.74, 6) is -3.22. The van der Waals surface area contributed by atoms with Crippen LogP contribution in [-0.4, -0.2) is 27.3 Å². The molecule has 0 spiro atoms. The van der Waals surface area contributed by atoms with Crippen LogP contribution in [-0.2, 0) is 0 Å². The first kappa shape index (κ1) is 21.5. The number of hydrogen-bond acceptors (Lipinski definition) is 3. The van der Waals surface area contributed by atoms with Gasteiger partial charge in [0.2, 0.25) is 5.28 Å². The largest absolute Gasteiger partial charge is 0.461 e. The minimum atomic E-state index is -4.84. The summed E-state index contributed by atoms with van der Waals surface area (Å²) in [6.07, 6.45) is -8.97. The highest BCUT2D eigenvalue weighted by atomic mass is 35.5. The molecule has 0 saturated carbocycles. The van der Waals surface area contributed by atoms with Crippen molar-refractivity contribution in [1.29, 1.82) is 0 Å². The quantitative estimate of drug-likeness (QED) is 0.400. The van der Waals surface area contributed by atoms with Crippen LogP contribution in [0.4, 0.5) is 26.3 Å². The van der Waals surface area contributed by atoms with E-state index >= 15 is 0 Å². The first-order valence-corrected chi connectivity index (χ1v) is 8.56. The van der Waals surface area contributed by atoms with E-state index in [9.17, 15) is 26.3 Å². The predicted octanol–water partition coefficient (Wildman–Crippen LogP) is 6.41. The number of alkyl halides is 4. The Balaban J connectivity index is 2.04. The van der Waals surface area contributed by atoms with Crippen LogP contribution in [0.5, 0.6) is 5.75 Å². The molecular weight excluding hydrogens is 471 g/mol. The van der Waals surface area contributed by atoms with Gasteiger partial charge in [0, 0.05) is 0 Å². The highest BCUT2D eigenvalue weighted by Crippen LogP contribution is 2.40. The average molecular weight is 477 g/mol. The monoisotopic (exact) mass is 475 g/mol. The fraction of sp³-hybridized carbons (Fsp3) is 0.125. The molecule has 0 unspecified atom stereocenters. The summed E-state index contributed by atoms with van der Waals surface area (Å²) in [4.78, 5) is 3.74. The Labute approximate surface area is 173 Å². The van der Waals surface area contributed by atoms with Gasteiger partial charge in [-0.05, 0) is 35.9 Å². The molecule has 2 aromatic carbocycles. The Kier molecular flexibility index (Phi) is 5.88. The molecule has 3 aromatic rings. The van der Waals surface area contributed by atoms with Gasteiger partial charge in [0.25, 0.3) is 0 Å². The second kappa shape index (κ2) is 7.92. The van der Waals surface area contributed by atoms with Crippen LogP contribution in [0.1, 0.15) is 0 Å². The minimum absolute atomic E-state index is 0.0618. The van der Waals surface area contributed by atoms with E-state index < -0.39 is 51.4 Å². The van der Waals surface area contributed by atoms with E-state index in [4.69, 9.17) is 34.8 Å². The standard InChI is InChI=1S/C16H6Cl3F6N3O/c17-7-4-6(5-8(18)12(7)29-16(24,25)14(22)23)28-15(19)26-13(27-28)11-9(20)2-1-3-10(11)21/h1-5,14H. The lowest BCUT2D eigenvalue weighted by Gasteiger charge is -2.19. The molecule has 3 rings (SSSR count). The Morgan fingerprint density at radius 2 is 1.55 bits per heavy atom. The maximum atomic E-state index is 13.9. The van der Waals surface area contributed by atoms with E-state index in [0.717, 1.165) is 35.0 Å². The van der Waals surface area contributed by atoms with Crippen molar-refractivity contribution in [2.75, 3.05) is 0 Å². The Bertz CT molecular complexity index is 1030. The van der Waals surface area contributed by atoms with Crippen LogP contribution in [0.15, 0.2) is 30.3 Å². The van der Waals surface area contributed by atoms with E-state index in [1.54, 1.807) is 0 Å². The summed E-state index contributed by atoms with van der Waals surface area (Å²) in [7, 11) is 0. The van der Waals surface area contributed by atoms with Crippen molar-refractivity contribution in [2.24, 2.45) is 0 Å². The second-order valence-electron chi connectivity index (χ2n) is 5.42. The van der Waals surface area contributed by atoms with Crippen molar-refractivity contribution >= 4 is 34.8 Å². The van der Waals surface area contributed by atoms with Crippen LogP contribution in [0, 0.1) is 11.6 Å². The molecule has 0 bridgehead atoms. The van der Waals surface area contributed by atoms with Crippen LogP contribution >= 0.6 is 34.8 Å². The number of aromatic nitrogens is 3. The number of hydrogen-bond donors (Lipinski definition) is 0. The summed E-state index contributed by atoms with van der Waals surface area (Å²) < 4.78 is 83.5. The van der Waals surface area contributed by atoms with Gasteiger partial charge in [0.15, 0.2) is 11.6 Å². The van der Waals surface area contributed by atoms with Crippen molar-refractivity contribution in [3.8, 4) is 22.8 Å². The molecule has 4 nitrogen and oxygen atoms in total. The smallest absolute Gasteiger partial charge is 0.425 e. The third-order valence-electron chi connectivity index (χ3n) is 3.47. The van der Waals surface area contributed by atoms with Crippen molar-refractivity contribution < 1.29 is 31.1 Å². The summed E-state index contributed by atoms with van der Waals surface area (Å²) >= 11 is 17.6. The first-order valence-electron chi connectivity index (χ1n) is 7.42. The molecular formula is C16H6Cl3F6N3O. The maximum absolute atomic E-state index is 13.9. The fourth-order valence-electron chi connectivity index (χ4n) is 2.22. The summed E-state index contributed by atoms with van der Waals surface area (Å²) in [6.45, 7) is 0. The predicted molar refractivity (Wildman–Crippen MR) is 93.3 cm³/mol. The molecule has 0 saturated heterocycles. The van der Waals surface area contributed by atoms with E-state index in [1.807, 2.05) is 0 Å². The van der Waals surface area contributed by atoms with E-state index in [0.29, 0.717) is 0 Å². The normalized spacial score (nSPS) is 11.9. The molecule has 0 amide bonds. The molecule has 29 heavy (non-hydrogen) atoms. The van der Waals surface area contributed by atoms with Gasteiger partial charge in [-0.2, -0.15) is 22.5 Å². The van der Waals surface area contributed by atoms with Gasteiger partial charge >= 0.3 is 12.5 Å². The van der Waals surface area contributed by atoms with Crippen LogP contribution in [0.2, 0.25) is 15.3 Å². The Morgan fingerprint density at radius 3 is 2.07 bits per heavy atom. The molecule has 1 aromatic heterocycles. The van der Waals surface area contributed by atoms with E-state index in [2.05, 4.69) is 14.8 Å². The molecule has 13 heteroatoms. The van der Waals surface area contributed by atoms with Gasteiger partial charge in [-0.1, -0.05) is 29.3 Å². The summed E-state index contributed by atoms with van der Waals surface area (Å²) in [5, 5.41) is 2.34. The molecule has 0 N–H and O–H groups in total. The number of halogens is 9. The van der Waals surface area contributed by atoms with Gasteiger partial charge in [-0.25, -0.2) is 13.5 Å². The Hall–Kier alpha value is -2.17. The van der Waals surface area contributed by atoms with E-state index in [-0.39, 0.29) is 11.0 Å². The SMILES string of the molecule is Fc1cccc(F)c1-c1nc(Cl)n(-c2cc(Cl)c(OC(F)(F)C(F)F)c(Cl)c2)n1. The van der Waals surface area contributed by atoms with Crippen LogP contribution in [0.3, 0.4) is 0 Å². The lowest BCUT2D eigenvalue weighted by molar-refractivity contribution is -0.253. The van der Waals surface area contributed by atoms with Crippen LogP contribution < -0.4 is 4.74 Å². The lowest BCUT2D eigenvalue weighted by atomic mass is 10.2. The van der Waals surface area contributed by atoms with Gasteiger partial charge < -0.3 is 4.74 Å². The maximum Gasteiger partial charge on any atom is 0.461 e. The minimum Gasteiger partial charge on any atom is -0.425 e. The summed E-state index contributed by atoms with van der Waals surface area (Å²) in [5.41, 5.74) is -0.616. The third kappa shape index (κ3) is 4.24. The fourth-order valence-corrected chi connectivity index (χ4v) is 2.99. The van der Waals surface area contributed by atoms with Crippen molar-refractivity contribution in [3.05, 3.63) is 57.3 Å². The van der Waals surface area contributed by atoms with Crippen molar-refractivity contribution in [3.63, 3.8) is 0 Å². The van der Waals surface area contributed by atoms with Crippen LogP contribution in [0.25, 0.3) is 17.1 Å². The number of ether oxygens (including phenoxy) is 1. The molecule has 0 aliphatic heterocycles. The highest BCUT2D eigenvalue weighted by molar-refractivity contribution is 6.37. The molecule has 0 aliphatic carbocycles. The average Bonchev–Trinajstić information content (AvgIpc) is 2.99. The second-order valence-corrected chi connectivity index (χ2v) is 6.57. The van der Waals surface area contributed by atoms with Gasteiger partial charge in [-0.3, -0.25) is 0 Å². The zero-order chi connectivity index (χ0) is 21.5. The number of rotatable bonds is 5. The zero-order valence-electron chi connectivity index (χ0n) is 13.6. The van der Waals surface area contributed by atoms with Gasteiger partial charge in [0.05, 0.1) is 21.3 Å². The zero-order valence-corrected chi connectivity index (χ0v) is 15.9. The lowest BCUT2D eigenvalue weighted by Crippen LogP contribution is -2.33. The molecule has 1 heterocycles. The molecule has 0 aliphatic rings.